The molecule has 0 saturated carbocycles. The van der Waals surface area contributed by atoms with Gasteiger partial charge in [0.1, 0.15) is 5.82 Å². The van der Waals surface area contributed by atoms with Crippen LogP contribution in [0.4, 0.5) is 21.5 Å². The highest BCUT2D eigenvalue weighted by Crippen LogP contribution is 2.25. The van der Waals surface area contributed by atoms with Gasteiger partial charge in [0.25, 0.3) is 11.6 Å². The highest BCUT2D eigenvalue weighted by Gasteiger charge is 2.22. The lowest BCUT2D eigenvalue weighted by Crippen LogP contribution is -2.37. The first kappa shape index (κ1) is 23.3. The van der Waals surface area contributed by atoms with Crippen LogP contribution < -0.4 is 15.5 Å². The Morgan fingerprint density at radius 3 is 2.32 bits per heavy atom. The molecule has 0 spiro atoms. The highest BCUT2D eigenvalue weighted by atomic mass is 19.1. The van der Waals surface area contributed by atoms with Crippen molar-refractivity contribution >= 4 is 34.8 Å². The van der Waals surface area contributed by atoms with Crippen LogP contribution in [0.2, 0.25) is 0 Å². The lowest BCUT2D eigenvalue weighted by atomic mass is 10.1. The molecule has 10 nitrogen and oxygen atoms in total. The smallest absolute Gasteiger partial charge is 0.341 e. The van der Waals surface area contributed by atoms with Crippen LogP contribution in [0, 0.1) is 15.9 Å². The van der Waals surface area contributed by atoms with Gasteiger partial charge in [0.2, 0.25) is 5.91 Å². The molecule has 2 amide bonds. The fraction of sp³-hybridized carbons (Fsp3) is 0.250. The summed E-state index contributed by atoms with van der Waals surface area (Å²) in [4.78, 5) is 49.4. The Bertz CT molecular complexity index is 994. The number of nitro groups is 1. The molecular formula is C20H21FN4O6. The van der Waals surface area contributed by atoms with Gasteiger partial charge < -0.3 is 20.3 Å². The van der Waals surface area contributed by atoms with Gasteiger partial charge in [-0.15, -0.1) is 0 Å². The van der Waals surface area contributed by atoms with Gasteiger partial charge in [-0.05, 0) is 30.3 Å². The monoisotopic (exact) mass is 432 g/mol. The molecule has 164 valence electrons. The Morgan fingerprint density at radius 1 is 1.13 bits per heavy atom. The summed E-state index contributed by atoms with van der Waals surface area (Å²) >= 11 is 0. The van der Waals surface area contributed by atoms with E-state index in [0.717, 1.165) is 23.1 Å². The molecule has 0 aliphatic carbocycles. The molecule has 0 radical (unpaired) electrons. The summed E-state index contributed by atoms with van der Waals surface area (Å²) in [6.45, 7) is -0.804. The lowest BCUT2D eigenvalue weighted by Gasteiger charge is -2.22. The number of primary amides is 1. The number of rotatable bonds is 9. The average molecular weight is 432 g/mol. The fourth-order valence-corrected chi connectivity index (χ4v) is 2.71. The van der Waals surface area contributed by atoms with Crippen molar-refractivity contribution in [1.82, 2.24) is 0 Å². The number of hydrogen-bond acceptors (Lipinski definition) is 7. The first-order valence-corrected chi connectivity index (χ1v) is 9.07. The van der Waals surface area contributed by atoms with Crippen LogP contribution in [0.1, 0.15) is 16.8 Å². The summed E-state index contributed by atoms with van der Waals surface area (Å²) in [5.74, 6) is -2.78. The minimum atomic E-state index is -0.935. The average Bonchev–Trinajstić information content (AvgIpc) is 2.72. The maximum absolute atomic E-state index is 13.2. The minimum absolute atomic E-state index is 0.0857. The second-order valence-corrected chi connectivity index (χ2v) is 6.67. The van der Waals surface area contributed by atoms with Crippen molar-refractivity contribution in [2.45, 2.75) is 6.42 Å². The summed E-state index contributed by atoms with van der Waals surface area (Å²) in [7, 11) is 3.28. The molecule has 2 aromatic rings. The van der Waals surface area contributed by atoms with Crippen LogP contribution in [0.5, 0.6) is 0 Å². The van der Waals surface area contributed by atoms with Crippen LogP contribution >= 0.6 is 0 Å². The number of anilines is 2. The Balaban J connectivity index is 2.20. The molecule has 2 N–H and O–H groups in total. The highest BCUT2D eigenvalue weighted by molar-refractivity contribution is 6.00. The molecule has 0 atom stereocenters. The zero-order valence-corrected chi connectivity index (χ0v) is 16.9. The molecule has 0 heterocycles. The summed E-state index contributed by atoms with van der Waals surface area (Å²) in [6, 6.07) is 8.65. The number of benzene rings is 2. The minimum Gasteiger partial charge on any atom is -0.452 e. The van der Waals surface area contributed by atoms with Crippen LogP contribution in [-0.2, 0) is 14.3 Å². The number of carbonyl (C=O) groups is 3. The summed E-state index contributed by atoms with van der Waals surface area (Å²) in [5.41, 5.74) is 5.40. The van der Waals surface area contributed by atoms with Crippen LogP contribution in [0.3, 0.4) is 0 Å². The zero-order valence-electron chi connectivity index (χ0n) is 16.9. The molecular weight excluding hydrogens is 411 g/mol. The third-order valence-corrected chi connectivity index (χ3v) is 4.24. The first-order valence-electron chi connectivity index (χ1n) is 9.07. The molecule has 11 heteroatoms. The van der Waals surface area contributed by atoms with Crippen LogP contribution in [0.15, 0.2) is 42.5 Å². The van der Waals surface area contributed by atoms with Crippen LogP contribution in [0.25, 0.3) is 0 Å². The number of non-ortho nitro benzene ring substituents is 1. The number of carbonyl (C=O) groups excluding carboxylic acids is 3. The number of ether oxygens (including phenoxy) is 1. The van der Waals surface area contributed by atoms with Crippen molar-refractivity contribution < 1.29 is 28.4 Å². The second-order valence-electron chi connectivity index (χ2n) is 6.67. The van der Waals surface area contributed by atoms with E-state index in [4.69, 9.17) is 10.5 Å². The standard InChI is InChI=1S/C20H21FN4O6/c1-23(2)17-8-7-15(25(29)30)11-16(17)20(28)31-12-19(27)24(10-9-18(22)26)14-5-3-13(21)4-6-14/h3-8,11H,9-10,12H2,1-2H3,(H2,22,26). The van der Waals surface area contributed by atoms with Gasteiger partial charge in [-0.2, -0.15) is 0 Å². The normalized spacial score (nSPS) is 10.3. The number of hydrogen-bond donors (Lipinski definition) is 1. The number of nitrogens with zero attached hydrogens (tertiary/aromatic N) is 3. The topological polar surface area (TPSA) is 136 Å². The largest absolute Gasteiger partial charge is 0.452 e. The Hall–Kier alpha value is -4.02. The van der Waals surface area contributed by atoms with Crippen molar-refractivity contribution in [3.63, 3.8) is 0 Å². The van der Waals surface area contributed by atoms with E-state index >= 15 is 0 Å². The van der Waals surface area contributed by atoms with Gasteiger partial charge in [0.05, 0.1) is 16.2 Å². The van der Waals surface area contributed by atoms with Crippen molar-refractivity contribution in [2.24, 2.45) is 5.73 Å². The molecule has 31 heavy (non-hydrogen) atoms. The Kier molecular flexibility index (Phi) is 7.61. The van der Waals surface area contributed by atoms with Gasteiger partial charge in [0, 0.05) is 44.9 Å². The van der Waals surface area contributed by atoms with Gasteiger partial charge in [-0.1, -0.05) is 0 Å². The third-order valence-electron chi connectivity index (χ3n) is 4.24. The van der Waals surface area contributed by atoms with Crippen LogP contribution in [-0.4, -0.2) is 50.0 Å². The van der Waals surface area contributed by atoms with E-state index in [9.17, 15) is 28.9 Å². The van der Waals surface area contributed by atoms with Gasteiger partial charge in [-0.25, -0.2) is 9.18 Å². The number of halogens is 1. The van der Waals surface area contributed by atoms with E-state index in [1.165, 1.54) is 24.3 Å². The molecule has 0 unspecified atom stereocenters. The number of nitrogens with two attached hydrogens (primary N) is 1. The molecule has 0 aliphatic rings. The van der Waals surface area contributed by atoms with Crippen molar-refractivity contribution in [3.8, 4) is 0 Å². The Labute approximate surface area is 177 Å². The molecule has 2 aromatic carbocycles. The molecule has 0 bridgehead atoms. The second kappa shape index (κ2) is 10.1. The maximum atomic E-state index is 13.2. The van der Waals surface area contributed by atoms with E-state index in [2.05, 4.69) is 0 Å². The third kappa shape index (κ3) is 6.23. The van der Waals surface area contributed by atoms with Gasteiger partial charge in [-0.3, -0.25) is 19.7 Å². The van der Waals surface area contributed by atoms with Crippen molar-refractivity contribution in [1.29, 1.82) is 0 Å². The molecule has 0 saturated heterocycles. The Morgan fingerprint density at radius 2 is 1.77 bits per heavy atom. The predicted octanol–water partition coefficient (Wildman–Crippen LogP) is 1.87. The van der Waals surface area contributed by atoms with E-state index in [1.54, 1.807) is 19.0 Å². The van der Waals surface area contributed by atoms with E-state index < -0.39 is 35.1 Å². The van der Waals surface area contributed by atoms with E-state index in [0.29, 0.717) is 5.69 Å². The molecule has 0 aliphatic heterocycles. The first-order chi connectivity index (χ1) is 14.6. The lowest BCUT2D eigenvalue weighted by molar-refractivity contribution is -0.384. The van der Waals surface area contributed by atoms with Crippen molar-refractivity contribution in [2.75, 3.05) is 37.0 Å². The van der Waals surface area contributed by atoms with Gasteiger partial charge in [0.15, 0.2) is 6.61 Å². The summed E-state index contributed by atoms with van der Waals surface area (Å²) in [6.07, 6.45) is -0.160. The fourth-order valence-electron chi connectivity index (χ4n) is 2.71. The number of nitro benzene ring substituents is 1. The van der Waals surface area contributed by atoms with Crippen molar-refractivity contribution in [3.05, 3.63) is 64.0 Å². The van der Waals surface area contributed by atoms with E-state index in [1.807, 2.05) is 0 Å². The molecule has 0 fully saturated rings. The predicted molar refractivity (Wildman–Crippen MR) is 110 cm³/mol. The summed E-state index contributed by atoms with van der Waals surface area (Å²) < 4.78 is 18.3. The molecule has 2 rings (SSSR count). The SMILES string of the molecule is CN(C)c1ccc([N+](=O)[O-])cc1C(=O)OCC(=O)N(CCC(N)=O)c1ccc(F)cc1. The zero-order chi connectivity index (χ0) is 23.1. The molecule has 0 aromatic heterocycles. The number of esters is 1. The van der Waals surface area contributed by atoms with Gasteiger partial charge >= 0.3 is 5.97 Å². The quantitative estimate of drug-likeness (QED) is 0.363. The summed E-state index contributed by atoms with van der Waals surface area (Å²) in [5, 5.41) is 11.0. The maximum Gasteiger partial charge on any atom is 0.341 e. The number of amides is 2. The van der Waals surface area contributed by atoms with E-state index in [-0.39, 0.29) is 29.9 Å².